The molecule has 1 fully saturated rings. The van der Waals surface area contributed by atoms with E-state index in [1.807, 2.05) is 19.1 Å². The molecule has 1 saturated heterocycles. The monoisotopic (exact) mass is 336 g/mol. The molecule has 3 nitrogen and oxygen atoms in total. The van der Waals surface area contributed by atoms with Crippen LogP contribution in [0.5, 0.6) is 0 Å². The molecule has 3 rings (SSSR count). The molecule has 0 radical (unpaired) electrons. The standard InChI is InChI=1S/C18H19F3N2O/c1-11-7-8-12-5-4-6-13(14(12)9-11)15(18(19,20)21)23-10-17(2,3)16(24)22-23/h4-9,15H,10H2,1-3H3,(H,22,24)/t15-/m0/s1. The van der Waals surface area contributed by atoms with E-state index in [1.165, 1.54) is 6.07 Å². The van der Waals surface area contributed by atoms with Gasteiger partial charge in [-0.15, -0.1) is 0 Å². The van der Waals surface area contributed by atoms with Crippen LogP contribution < -0.4 is 5.43 Å². The molecule has 1 amide bonds. The normalized spacial score (nSPS) is 19.5. The fraction of sp³-hybridized carbons (Fsp3) is 0.389. The Hall–Kier alpha value is -2.08. The maximum absolute atomic E-state index is 13.9. The topological polar surface area (TPSA) is 32.3 Å². The molecule has 1 aliphatic heterocycles. The Bertz CT molecular complexity index is 798. The third-order valence-corrected chi connectivity index (χ3v) is 4.41. The van der Waals surface area contributed by atoms with Gasteiger partial charge in [-0.2, -0.15) is 13.2 Å². The Morgan fingerprint density at radius 2 is 1.92 bits per heavy atom. The quantitative estimate of drug-likeness (QED) is 0.894. The van der Waals surface area contributed by atoms with Crippen LogP contribution in [-0.2, 0) is 4.79 Å². The van der Waals surface area contributed by atoms with Crippen molar-refractivity contribution < 1.29 is 18.0 Å². The van der Waals surface area contributed by atoms with Crippen molar-refractivity contribution in [3.05, 3.63) is 47.5 Å². The second-order valence-corrected chi connectivity index (χ2v) is 6.97. The summed E-state index contributed by atoms with van der Waals surface area (Å²) < 4.78 is 41.6. The first kappa shape index (κ1) is 16.8. The highest BCUT2D eigenvalue weighted by atomic mass is 19.4. The zero-order valence-corrected chi connectivity index (χ0v) is 13.7. The Balaban J connectivity index is 2.15. The van der Waals surface area contributed by atoms with Crippen molar-refractivity contribution in [1.29, 1.82) is 0 Å². The maximum Gasteiger partial charge on any atom is 0.409 e. The summed E-state index contributed by atoms with van der Waals surface area (Å²) in [5.41, 5.74) is 2.59. The molecule has 2 aromatic rings. The van der Waals surface area contributed by atoms with Gasteiger partial charge in [-0.1, -0.05) is 42.0 Å². The van der Waals surface area contributed by atoms with Crippen LogP contribution in [0, 0.1) is 12.3 Å². The molecule has 1 heterocycles. The van der Waals surface area contributed by atoms with Gasteiger partial charge in [0.2, 0.25) is 5.91 Å². The van der Waals surface area contributed by atoms with Crippen LogP contribution in [0.4, 0.5) is 13.2 Å². The number of nitrogens with zero attached hydrogens (tertiary/aromatic N) is 1. The Morgan fingerprint density at radius 1 is 1.21 bits per heavy atom. The summed E-state index contributed by atoms with van der Waals surface area (Å²) in [5, 5.41) is 2.32. The summed E-state index contributed by atoms with van der Waals surface area (Å²) in [6.07, 6.45) is -4.51. The number of aryl methyl sites for hydroxylation is 1. The first-order chi connectivity index (χ1) is 11.1. The van der Waals surface area contributed by atoms with Crippen LogP contribution in [0.25, 0.3) is 10.8 Å². The second kappa shape index (κ2) is 5.48. The molecule has 1 aliphatic rings. The first-order valence-electron chi connectivity index (χ1n) is 7.73. The zero-order chi connectivity index (χ0) is 17.7. The lowest BCUT2D eigenvalue weighted by Gasteiger charge is -2.30. The van der Waals surface area contributed by atoms with Gasteiger partial charge in [0.05, 0.1) is 5.41 Å². The van der Waals surface area contributed by atoms with E-state index in [4.69, 9.17) is 0 Å². The molecule has 0 bridgehead atoms. The van der Waals surface area contributed by atoms with E-state index in [2.05, 4.69) is 5.43 Å². The van der Waals surface area contributed by atoms with Crippen molar-refractivity contribution in [2.75, 3.05) is 6.54 Å². The molecule has 24 heavy (non-hydrogen) atoms. The van der Waals surface area contributed by atoms with Crippen LogP contribution in [0.1, 0.15) is 31.0 Å². The molecule has 128 valence electrons. The smallest absolute Gasteiger partial charge is 0.287 e. The Kier molecular flexibility index (Phi) is 3.83. The van der Waals surface area contributed by atoms with E-state index in [9.17, 15) is 18.0 Å². The van der Waals surface area contributed by atoms with E-state index in [-0.39, 0.29) is 12.1 Å². The molecule has 1 atom stereocenters. The number of benzene rings is 2. The van der Waals surface area contributed by atoms with Gasteiger partial charge >= 0.3 is 6.18 Å². The number of rotatable bonds is 2. The van der Waals surface area contributed by atoms with E-state index in [0.717, 1.165) is 16.0 Å². The predicted molar refractivity (Wildman–Crippen MR) is 86.1 cm³/mol. The van der Waals surface area contributed by atoms with Crippen molar-refractivity contribution >= 4 is 16.7 Å². The molecule has 0 aromatic heterocycles. The van der Waals surface area contributed by atoms with Crippen LogP contribution in [0.2, 0.25) is 0 Å². The highest BCUT2D eigenvalue weighted by molar-refractivity contribution is 5.87. The summed E-state index contributed by atoms with van der Waals surface area (Å²) in [6.45, 7) is 5.13. The molecule has 6 heteroatoms. The minimum Gasteiger partial charge on any atom is -0.287 e. The van der Waals surface area contributed by atoms with Gasteiger partial charge in [0.15, 0.2) is 6.04 Å². The van der Waals surface area contributed by atoms with Gasteiger partial charge in [-0.05, 0) is 37.1 Å². The third-order valence-electron chi connectivity index (χ3n) is 4.41. The number of alkyl halides is 3. The number of hydrogen-bond acceptors (Lipinski definition) is 2. The lowest BCUT2D eigenvalue weighted by Crippen LogP contribution is -2.43. The molecule has 2 aromatic carbocycles. The van der Waals surface area contributed by atoms with Crippen molar-refractivity contribution in [3.63, 3.8) is 0 Å². The summed E-state index contributed by atoms with van der Waals surface area (Å²) in [4.78, 5) is 12.0. The fourth-order valence-corrected chi connectivity index (χ4v) is 3.14. The highest BCUT2D eigenvalue weighted by Gasteiger charge is 2.51. The second-order valence-electron chi connectivity index (χ2n) is 6.97. The van der Waals surface area contributed by atoms with Gasteiger partial charge in [0.25, 0.3) is 0 Å². The third kappa shape index (κ3) is 2.86. The zero-order valence-electron chi connectivity index (χ0n) is 13.7. The fourth-order valence-electron chi connectivity index (χ4n) is 3.14. The minimum atomic E-state index is -4.51. The number of hydrogen-bond donors (Lipinski definition) is 1. The Labute approximate surface area is 138 Å². The summed E-state index contributed by atoms with van der Waals surface area (Å²) in [7, 11) is 0. The molecule has 0 saturated carbocycles. The van der Waals surface area contributed by atoms with Crippen LogP contribution in [0.3, 0.4) is 0 Å². The lowest BCUT2D eigenvalue weighted by atomic mass is 9.92. The summed E-state index contributed by atoms with van der Waals surface area (Å²) in [5.74, 6) is -0.395. The summed E-state index contributed by atoms with van der Waals surface area (Å²) >= 11 is 0. The van der Waals surface area contributed by atoms with Crippen molar-refractivity contribution in [2.45, 2.75) is 33.0 Å². The average Bonchev–Trinajstić information content (AvgIpc) is 2.71. The predicted octanol–water partition coefficient (Wildman–Crippen LogP) is 4.12. The van der Waals surface area contributed by atoms with Crippen LogP contribution >= 0.6 is 0 Å². The lowest BCUT2D eigenvalue weighted by molar-refractivity contribution is -0.191. The minimum absolute atomic E-state index is 0.00177. The van der Waals surface area contributed by atoms with Crippen molar-refractivity contribution in [1.82, 2.24) is 10.4 Å². The maximum atomic E-state index is 13.9. The van der Waals surface area contributed by atoms with E-state index >= 15 is 0 Å². The van der Waals surface area contributed by atoms with Crippen molar-refractivity contribution in [2.24, 2.45) is 5.41 Å². The first-order valence-corrected chi connectivity index (χ1v) is 7.73. The molecule has 0 spiro atoms. The number of amides is 1. The molecule has 0 unspecified atom stereocenters. The van der Waals surface area contributed by atoms with Crippen molar-refractivity contribution in [3.8, 4) is 0 Å². The molecule has 0 aliphatic carbocycles. The molecular weight excluding hydrogens is 317 g/mol. The van der Waals surface area contributed by atoms with Crippen LogP contribution in [-0.4, -0.2) is 23.6 Å². The summed E-state index contributed by atoms with van der Waals surface area (Å²) in [6, 6.07) is 8.45. The van der Waals surface area contributed by atoms with Gasteiger partial charge in [0, 0.05) is 6.54 Å². The van der Waals surface area contributed by atoms with E-state index < -0.39 is 23.5 Å². The Morgan fingerprint density at radius 3 is 2.50 bits per heavy atom. The van der Waals surface area contributed by atoms with E-state index in [0.29, 0.717) is 5.39 Å². The number of hydrazine groups is 1. The SMILES string of the molecule is Cc1ccc2cccc([C@H](N3CC(C)(C)C(=O)N3)C(F)(F)F)c2c1. The largest absolute Gasteiger partial charge is 0.409 e. The van der Waals surface area contributed by atoms with Gasteiger partial charge < -0.3 is 0 Å². The van der Waals surface area contributed by atoms with Crippen LogP contribution in [0.15, 0.2) is 36.4 Å². The number of carbonyl (C=O) groups excluding carboxylic acids is 1. The number of halogens is 3. The molecular formula is C18H19F3N2O. The van der Waals surface area contributed by atoms with E-state index in [1.54, 1.807) is 32.0 Å². The number of carbonyl (C=O) groups is 1. The molecule has 1 N–H and O–H groups in total. The van der Waals surface area contributed by atoms with Gasteiger partial charge in [-0.3, -0.25) is 10.2 Å². The number of fused-ring (bicyclic) bond motifs is 1. The highest BCUT2D eigenvalue weighted by Crippen LogP contribution is 2.42. The number of nitrogens with one attached hydrogen (secondary N) is 1. The van der Waals surface area contributed by atoms with Gasteiger partial charge in [0.1, 0.15) is 0 Å². The average molecular weight is 336 g/mol. The van der Waals surface area contributed by atoms with Gasteiger partial charge in [-0.25, -0.2) is 5.01 Å².